The Balaban J connectivity index is 1.77. The maximum Gasteiger partial charge on any atom is 0.416 e. The van der Waals surface area contributed by atoms with Crippen LogP contribution in [0.5, 0.6) is 0 Å². The molecule has 0 bridgehead atoms. The molecule has 28 heavy (non-hydrogen) atoms. The number of hydrogen-bond acceptors (Lipinski definition) is 5. The van der Waals surface area contributed by atoms with Gasteiger partial charge in [0.2, 0.25) is 0 Å². The molecule has 2 aromatic carbocycles. The maximum absolute atomic E-state index is 12.7. The molecule has 5 N–H and O–H groups in total. The highest BCUT2D eigenvalue weighted by molar-refractivity contribution is 6.02. The van der Waals surface area contributed by atoms with Gasteiger partial charge in [-0.2, -0.15) is 13.2 Å². The molecule has 2 aromatic rings. The van der Waals surface area contributed by atoms with E-state index in [1.165, 1.54) is 17.3 Å². The Labute approximate surface area is 160 Å². The van der Waals surface area contributed by atoms with E-state index in [9.17, 15) is 13.2 Å². The zero-order chi connectivity index (χ0) is 20.1. The van der Waals surface area contributed by atoms with Crippen LogP contribution in [0.3, 0.4) is 0 Å². The summed E-state index contributed by atoms with van der Waals surface area (Å²) in [6.07, 6.45) is -2.85. The first-order chi connectivity index (χ1) is 13.3. The highest BCUT2D eigenvalue weighted by atomic mass is 19.4. The molecule has 0 spiro atoms. The number of hydrogen-bond donors (Lipinski definition) is 3. The summed E-state index contributed by atoms with van der Waals surface area (Å²) in [5, 5.41) is 8.71. The Morgan fingerprint density at radius 3 is 2.36 bits per heavy atom. The van der Waals surface area contributed by atoms with Crippen LogP contribution in [-0.4, -0.2) is 30.2 Å². The molecule has 6 nitrogen and oxygen atoms in total. The number of anilines is 2. The summed E-state index contributed by atoms with van der Waals surface area (Å²) in [6, 6.07) is 11.9. The van der Waals surface area contributed by atoms with Crippen molar-refractivity contribution in [1.82, 2.24) is 5.12 Å². The fraction of sp³-hybridized carbons (Fsp3) is 0.316. The van der Waals surface area contributed by atoms with Gasteiger partial charge in [-0.1, -0.05) is 12.1 Å². The molecule has 1 fully saturated rings. The molecular formula is C19H22F3N5O. The fourth-order valence-electron chi connectivity index (χ4n) is 2.92. The number of hydrazone groups is 1. The SMILES string of the molecule is N/C(=N\N(N)C1CCOCC1)c1ccccc1Nc1ccc(C(F)(F)F)cc1. The Bertz CT molecular complexity index is 817. The molecule has 1 heterocycles. The fourth-order valence-corrected chi connectivity index (χ4v) is 2.92. The summed E-state index contributed by atoms with van der Waals surface area (Å²) in [5.41, 5.74) is 7.16. The molecule has 0 aromatic heterocycles. The molecule has 9 heteroatoms. The minimum Gasteiger partial charge on any atom is -0.382 e. The average Bonchev–Trinajstić information content (AvgIpc) is 2.68. The van der Waals surface area contributed by atoms with Crippen molar-refractivity contribution in [2.45, 2.75) is 25.1 Å². The lowest BCUT2D eigenvalue weighted by Gasteiger charge is -2.28. The second-order valence-electron chi connectivity index (χ2n) is 6.45. The second kappa shape index (κ2) is 8.49. The molecule has 0 amide bonds. The van der Waals surface area contributed by atoms with Gasteiger partial charge in [0.15, 0.2) is 5.84 Å². The van der Waals surface area contributed by atoms with Gasteiger partial charge in [0.1, 0.15) is 0 Å². The number of alkyl halides is 3. The van der Waals surface area contributed by atoms with Crippen LogP contribution >= 0.6 is 0 Å². The molecule has 1 aliphatic rings. The number of para-hydroxylation sites is 1. The van der Waals surface area contributed by atoms with Gasteiger partial charge < -0.3 is 15.8 Å². The number of halogens is 3. The first-order valence-electron chi connectivity index (χ1n) is 8.84. The van der Waals surface area contributed by atoms with Gasteiger partial charge in [-0.05, 0) is 49.2 Å². The molecule has 0 unspecified atom stereocenters. The van der Waals surface area contributed by atoms with Gasteiger partial charge in [-0.3, -0.25) is 0 Å². The number of nitrogens with one attached hydrogen (secondary N) is 1. The number of hydrazine groups is 1. The van der Waals surface area contributed by atoms with Gasteiger partial charge in [-0.25, -0.2) is 11.0 Å². The maximum atomic E-state index is 12.7. The van der Waals surface area contributed by atoms with Crippen molar-refractivity contribution in [3.63, 3.8) is 0 Å². The van der Waals surface area contributed by atoms with E-state index in [2.05, 4.69) is 10.4 Å². The van der Waals surface area contributed by atoms with Crippen LogP contribution in [-0.2, 0) is 10.9 Å². The van der Waals surface area contributed by atoms with Crippen LogP contribution < -0.4 is 16.9 Å². The zero-order valence-corrected chi connectivity index (χ0v) is 15.1. The first kappa shape index (κ1) is 20.0. The average molecular weight is 393 g/mol. The number of nitrogens with zero attached hydrogens (tertiary/aromatic N) is 2. The van der Waals surface area contributed by atoms with E-state index in [1.807, 2.05) is 0 Å². The minimum atomic E-state index is -4.37. The molecule has 1 saturated heterocycles. The molecule has 0 atom stereocenters. The lowest BCUT2D eigenvalue weighted by molar-refractivity contribution is -0.137. The summed E-state index contributed by atoms with van der Waals surface area (Å²) in [4.78, 5) is 0. The topological polar surface area (TPSA) is 88.9 Å². The number of ether oxygens (including phenoxy) is 1. The Kier molecular flexibility index (Phi) is 6.05. The van der Waals surface area contributed by atoms with E-state index < -0.39 is 11.7 Å². The number of amidine groups is 1. The van der Waals surface area contributed by atoms with Gasteiger partial charge >= 0.3 is 6.18 Å². The van der Waals surface area contributed by atoms with Gasteiger partial charge in [0.25, 0.3) is 0 Å². The Hall–Kier alpha value is -2.78. The van der Waals surface area contributed by atoms with E-state index in [1.54, 1.807) is 24.3 Å². The quantitative estimate of drug-likeness (QED) is 0.314. The first-order valence-corrected chi connectivity index (χ1v) is 8.84. The van der Waals surface area contributed by atoms with Crippen LogP contribution in [0.25, 0.3) is 0 Å². The second-order valence-corrected chi connectivity index (χ2v) is 6.45. The normalized spacial score (nSPS) is 16.1. The van der Waals surface area contributed by atoms with E-state index in [4.69, 9.17) is 16.3 Å². The standard InChI is InChI=1S/C19H22F3N5O/c20-19(21,22)13-5-7-14(8-6-13)25-17-4-2-1-3-16(17)18(23)26-27(24)15-9-11-28-12-10-15/h1-8,15,25H,9-12,24H2,(H2,23,26). The van der Waals surface area contributed by atoms with Crippen LogP contribution in [0, 0.1) is 0 Å². The largest absolute Gasteiger partial charge is 0.416 e. The Morgan fingerprint density at radius 1 is 1.07 bits per heavy atom. The van der Waals surface area contributed by atoms with E-state index in [-0.39, 0.29) is 11.9 Å². The smallest absolute Gasteiger partial charge is 0.382 e. The minimum absolute atomic E-state index is 0.0438. The summed E-state index contributed by atoms with van der Waals surface area (Å²) in [5.74, 6) is 6.24. The third-order valence-electron chi connectivity index (χ3n) is 4.48. The molecule has 0 aliphatic carbocycles. The molecule has 0 saturated carbocycles. The van der Waals surface area contributed by atoms with Crippen LogP contribution in [0.1, 0.15) is 24.0 Å². The monoisotopic (exact) mass is 393 g/mol. The van der Waals surface area contributed by atoms with E-state index in [0.717, 1.165) is 25.0 Å². The van der Waals surface area contributed by atoms with Crippen molar-refractivity contribution in [3.05, 3.63) is 59.7 Å². The van der Waals surface area contributed by atoms with Gasteiger partial charge in [0, 0.05) is 30.2 Å². The number of rotatable bonds is 5. The molecule has 1 aliphatic heterocycles. The third kappa shape index (κ3) is 4.93. The number of nitrogens with two attached hydrogens (primary N) is 2. The van der Waals surface area contributed by atoms with E-state index >= 15 is 0 Å². The van der Waals surface area contributed by atoms with Crippen molar-refractivity contribution < 1.29 is 17.9 Å². The van der Waals surface area contributed by atoms with Crippen LogP contribution in [0.15, 0.2) is 53.6 Å². The van der Waals surface area contributed by atoms with Gasteiger partial charge in [0.05, 0.1) is 11.6 Å². The molecular weight excluding hydrogens is 371 g/mol. The summed E-state index contributed by atoms with van der Waals surface area (Å²) in [6.45, 7) is 1.25. The van der Waals surface area contributed by atoms with Crippen LogP contribution in [0.2, 0.25) is 0 Å². The predicted octanol–water partition coefficient (Wildman–Crippen LogP) is 3.42. The van der Waals surface area contributed by atoms with Crippen molar-refractivity contribution in [1.29, 1.82) is 0 Å². The molecule has 3 rings (SSSR count). The summed E-state index contributed by atoms with van der Waals surface area (Å²) >= 11 is 0. The molecule has 150 valence electrons. The van der Waals surface area contributed by atoms with Crippen LogP contribution in [0.4, 0.5) is 24.5 Å². The summed E-state index contributed by atoms with van der Waals surface area (Å²) in [7, 11) is 0. The van der Waals surface area contributed by atoms with E-state index in [0.29, 0.717) is 30.2 Å². The predicted molar refractivity (Wildman–Crippen MR) is 102 cm³/mol. The third-order valence-corrected chi connectivity index (χ3v) is 4.48. The number of benzene rings is 2. The summed E-state index contributed by atoms with van der Waals surface area (Å²) < 4.78 is 43.5. The highest BCUT2D eigenvalue weighted by Crippen LogP contribution is 2.30. The Morgan fingerprint density at radius 2 is 1.71 bits per heavy atom. The molecule has 0 radical (unpaired) electrons. The van der Waals surface area contributed by atoms with Crippen molar-refractivity contribution in [2.24, 2.45) is 16.7 Å². The lowest BCUT2D eigenvalue weighted by atomic mass is 10.1. The van der Waals surface area contributed by atoms with Gasteiger partial charge in [-0.15, -0.1) is 5.10 Å². The van der Waals surface area contributed by atoms with Crippen molar-refractivity contribution in [2.75, 3.05) is 18.5 Å². The highest BCUT2D eigenvalue weighted by Gasteiger charge is 2.30. The lowest BCUT2D eigenvalue weighted by Crippen LogP contribution is -2.42. The van der Waals surface area contributed by atoms with Crippen molar-refractivity contribution in [3.8, 4) is 0 Å². The van der Waals surface area contributed by atoms with Crippen molar-refractivity contribution >= 4 is 17.2 Å². The zero-order valence-electron chi connectivity index (χ0n) is 15.1.